The standard InChI is InChI=1S/C21H30ClN5O2/c1-6-13(7-2)17-11-18(27-19(26-17)16(22)12-23-27)24-14-8-9-15(10-14)25-20(28)29-21(3,4)5/h6,11-12,14-15,24H,7-10H2,1-5H3,(H,25,28)/b13-6+/t14-,15-/m0/s1. The van der Waals surface area contributed by atoms with Crippen molar-refractivity contribution in [3.63, 3.8) is 0 Å². The average Bonchev–Trinajstić information content (AvgIpc) is 3.21. The largest absolute Gasteiger partial charge is 0.444 e. The summed E-state index contributed by atoms with van der Waals surface area (Å²) in [5.74, 6) is 0.854. The summed E-state index contributed by atoms with van der Waals surface area (Å²) >= 11 is 6.30. The Morgan fingerprint density at radius 3 is 2.76 bits per heavy atom. The molecule has 0 bridgehead atoms. The number of fused-ring (bicyclic) bond motifs is 1. The van der Waals surface area contributed by atoms with Gasteiger partial charge in [-0.05, 0) is 59.0 Å². The van der Waals surface area contributed by atoms with E-state index in [4.69, 9.17) is 16.3 Å². The highest BCUT2D eigenvalue weighted by Crippen LogP contribution is 2.28. The van der Waals surface area contributed by atoms with E-state index in [0.717, 1.165) is 42.8 Å². The number of halogens is 1. The second-order valence-electron chi connectivity index (χ2n) is 8.42. The summed E-state index contributed by atoms with van der Waals surface area (Å²) in [5, 5.41) is 11.4. The third-order valence-electron chi connectivity index (χ3n) is 4.99. The molecule has 158 valence electrons. The van der Waals surface area contributed by atoms with Gasteiger partial charge in [0.1, 0.15) is 16.4 Å². The fraction of sp³-hybridized carbons (Fsp3) is 0.571. The molecular formula is C21H30ClN5O2. The van der Waals surface area contributed by atoms with Crippen LogP contribution in [-0.2, 0) is 4.74 Å². The van der Waals surface area contributed by atoms with Crippen LogP contribution in [0.3, 0.4) is 0 Å². The number of amides is 1. The molecule has 8 heteroatoms. The van der Waals surface area contributed by atoms with E-state index in [9.17, 15) is 4.79 Å². The quantitative estimate of drug-likeness (QED) is 0.708. The first kappa shape index (κ1) is 21.4. The maximum atomic E-state index is 12.0. The number of allylic oxidation sites excluding steroid dienone is 2. The molecule has 2 atom stereocenters. The lowest BCUT2D eigenvalue weighted by molar-refractivity contribution is 0.0505. The van der Waals surface area contributed by atoms with Crippen LogP contribution in [0.1, 0.15) is 66.0 Å². The van der Waals surface area contributed by atoms with Crippen molar-refractivity contribution < 1.29 is 9.53 Å². The predicted molar refractivity (Wildman–Crippen MR) is 116 cm³/mol. The van der Waals surface area contributed by atoms with Gasteiger partial charge in [-0.3, -0.25) is 0 Å². The van der Waals surface area contributed by atoms with E-state index in [2.05, 4.69) is 33.7 Å². The number of nitrogens with zero attached hydrogens (tertiary/aromatic N) is 3. The molecule has 1 saturated carbocycles. The van der Waals surface area contributed by atoms with E-state index in [1.807, 2.05) is 33.8 Å². The first-order chi connectivity index (χ1) is 13.7. The fourth-order valence-electron chi connectivity index (χ4n) is 3.66. The van der Waals surface area contributed by atoms with Crippen molar-refractivity contribution in [1.82, 2.24) is 19.9 Å². The van der Waals surface area contributed by atoms with E-state index in [1.54, 1.807) is 10.7 Å². The molecule has 0 saturated heterocycles. The number of carbonyl (C=O) groups is 1. The van der Waals surface area contributed by atoms with Crippen LogP contribution in [0.4, 0.5) is 10.6 Å². The highest BCUT2D eigenvalue weighted by Gasteiger charge is 2.28. The zero-order chi connectivity index (χ0) is 21.2. The van der Waals surface area contributed by atoms with Gasteiger partial charge in [0.2, 0.25) is 0 Å². The Balaban J connectivity index is 1.74. The van der Waals surface area contributed by atoms with E-state index < -0.39 is 5.60 Å². The average molecular weight is 420 g/mol. The fourth-order valence-corrected chi connectivity index (χ4v) is 3.83. The van der Waals surface area contributed by atoms with Crippen LogP contribution in [0, 0.1) is 0 Å². The lowest BCUT2D eigenvalue weighted by Crippen LogP contribution is -2.38. The van der Waals surface area contributed by atoms with Crippen molar-refractivity contribution in [1.29, 1.82) is 0 Å². The van der Waals surface area contributed by atoms with Crippen LogP contribution in [0.25, 0.3) is 11.2 Å². The van der Waals surface area contributed by atoms with Gasteiger partial charge in [-0.15, -0.1) is 0 Å². The highest BCUT2D eigenvalue weighted by molar-refractivity contribution is 6.33. The molecule has 2 aromatic rings. The minimum absolute atomic E-state index is 0.0853. The third kappa shape index (κ3) is 5.21. The van der Waals surface area contributed by atoms with Crippen molar-refractivity contribution in [2.24, 2.45) is 0 Å². The molecule has 2 aromatic heterocycles. The first-order valence-electron chi connectivity index (χ1n) is 10.2. The van der Waals surface area contributed by atoms with Gasteiger partial charge in [-0.2, -0.15) is 9.61 Å². The second-order valence-corrected chi connectivity index (χ2v) is 8.83. The van der Waals surface area contributed by atoms with Crippen LogP contribution in [0.5, 0.6) is 0 Å². The normalized spacial score (nSPS) is 20.1. The molecule has 2 heterocycles. The van der Waals surface area contributed by atoms with Gasteiger partial charge < -0.3 is 15.4 Å². The zero-order valence-electron chi connectivity index (χ0n) is 17.8. The molecule has 1 aliphatic carbocycles. The van der Waals surface area contributed by atoms with Gasteiger partial charge in [-0.1, -0.05) is 24.6 Å². The number of carbonyl (C=O) groups excluding carboxylic acids is 1. The van der Waals surface area contributed by atoms with Crippen LogP contribution in [0.2, 0.25) is 5.02 Å². The van der Waals surface area contributed by atoms with Gasteiger partial charge >= 0.3 is 6.09 Å². The number of alkyl carbamates (subject to hydrolysis) is 1. The number of hydrogen-bond acceptors (Lipinski definition) is 5. The van der Waals surface area contributed by atoms with Gasteiger partial charge in [0.15, 0.2) is 5.65 Å². The Morgan fingerprint density at radius 1 is 1.38 bits per heavy atom. The number of hydrogen-bond donors (Lipinski definition) is 2. The Kier molecular flexibility index (Phi) is 6.36. The zero-order valence-corrected chi connectivity index (χ0v) is 18.5. The Labute approximate surface area is 176 Å². The molecule has 0 radical (unpaired) electrons. The number of nitrogens with one attached hydrogen (secondary N) is 2. The van der Waals surface area contributed by atoms with Gasteiger partial charge in [0.25, 0.3) is 0 Å². The molecule has 29 heavy (non-hydrogen) atoms. The van der Waals surface area contributed by atoms with Crippen molar-refractivity contribution >= 4 is 34.7 Å². The minimum Gasteiger partial charge on any atom is -0.444 e. The second kappa shape index (κ2) is 8.61. The molecule has 0 unspecified atom stereocenters. The first-order valence-corrected chi connectivity index (χ1v) is 10.5. The molecule has 0 aliphatic heterocycles. The number of rotatable bonds is 5. The van der Waals surface area contributed by atoms with Gasteiger partial charge in [-0.25, -0.2) is 9.78 Å². The monoisotopic (exact) mass is 419 g/mol. The topological polar surface area (TPSA) is 80.5 Å². The minimum atomic E-state index is -0.497. The lowest BCUT2D eigenvalue weighted by atomic mass is 10.1. The van der Waals surface area contributed by atoms with E-state index in [1.165, 1.54) is 0 Å². The molecule has 0 spiro atoms. The number of ether oxygens (including phenoxy) is 1. The molecule has 3 rings (SSSR count). The molecule has 7 nitrogen and oxygen atoms in total. The summed E-state index contributed by atoms with van der Waals surface area (Å²) in [6, 6.07) is 2.32. The van der Waals surface area contributed by atoms with Gasteiger partial charge in [0.05, 0.1) is 11.9 Å². The predicted octanol–water partition coefficient (Wildman–Crippen LogP) is 5.05. The molecule has 0 aromatic carbocycles. The number of anilines is 1. The van der Waals surface area contributed by atoms with Crippen LogP contribution in [-0.4, -0.2) is 38.4 Å². The van der Waals surface area contributed by atoms with Crippen LogP contribution in [0.15, 0.2) is 18.3 Å². The molecule has 1 aliphatic rings. The Bertz CT molecular complexity index is 916. The van der Waals surface area contributed by atoms with E-state index in [-0.39, 0.29) is 18.2 Å². The summed E-state index contributed by atoms with van der Waals surface area (Å²) in [7, 11) is 0. The van der Waals surface area contributed by atoms with Crippen molar-refractivity contribution in [2.75, 3.05) is 5.32 Å². The van der Waals surface area contributed by atoms with Crippen molar-refractivity contribution in [2.45, 2.75) is 78.0 Å². The van der Waals surface area contributed by atoms with Crippen molar-refractivity contribution in [3.05, 3.63) is 29.1 Å². The molecule has 1 fully saturated rings. The summed E-state index contributed by atoms with van der Waals surface area (Å²) in [6.07, 6.45) is 6.86. The van der Waals surface area contributed by atoms with E-state index >= 15 is 0 Å². The summed E-state index contributed by atoms with van der Waals surface area (Å²) in [5.41, 5.74) is 2.20. The van der Waals surface area contributed by atoms with E-state index in [0.29, 0.717) is 10.7 Å². The van der Waals surface area contributed by atoms with Gasteiger partial charge in [0, 0.05) is 18.2 Å². The summed E-state index contributed by atoms with van der Waals surface area (Å²) in [6.45, 7) is 9.71. The summed E-state index contributed by atoms with van der Waals surface area (Å²) in [4.78, 5) is 16.7. The summed E-state index contributed by atoms with van der Waals surface area (Å²) < 4.78 is 7.11. The Hall–Kier alpha value is -2.28. The third-order valence-corrected chi connectivity index (χ3v) is 5.26. The molecular weight excluding hydrogens is 390 g/mol. The molecule has 1 amide bonds. The maximum Gasteiger partial charge on any atom is 0.407 e. The van der Waals surface area contributed by atoms with Crippen molar-refractivity contribution in [3.8, 4) is 0 Å². The Morgan fingerprint density at radius 2 is 2.10 bits per heavy atom. The SMILES string of the molecule is C/C=C(\CC)c1cc(N[C@H]2CC[C@H](NC(=O)OC(C)(C)C)C2)n2ncc(Cl)c2n1. The highest BCUT2D eigenvalue weighted by atomic mass is 35.5. The molecule has 2 N–H and O–H groups in total. The van der Waals surface area contributed by atoms with Crippen LogP contribution < -0.4 is 10.6 Å². The maximum absolute atomic E-state index is 12.0. The smallest absolute Gasteiger partial charge is 0.407 e. The van der Waals surface area contributed by atoms with Crippen LogP contribution >= 0.6 is 11.6 Å². The lowest BCUT2D eigenvalue weighted by Gasteiger charge is -2.22. The number of aromatic nitrogens is 3.